The van der Waals surface area contributed by atoms with Crippen LogP contribution in [-0.4, -0.2) is 36.1 Å². The summed E-state index contributed by atoms with van der Waals surface area (Å²) in [7, 11) is 1.66. The third kappa shape index (κ3) is 3.52. The summed E-state index contributed by atoms with van der Waals surface area (Å²) < 4.78 is 12.5. The van der Waals surface area contributed by atoms with E-state index >= 15 is 0 Å². The maximum absolute atomic E-state index is 12.6. The number of aryl methyl sites for hydroxylation is 2. The van der Waals surface area contributed by atoms with E-state index in [1.165, 1.54) is 5.56 Å². The van der Waals surface area contributed by atoms with Gasteiger partial charge in [-0.1, -0.05) is 12.1 Å². The van der Waals surface area contributed by atoms with Gasteiger partial charge in [-0.3, -0.25) is 4.79 Å². The number of benzene rings is 1. The molecule has 2 aromatic rings. The minimum Gasteiger partial charge on any atom is -0.497 e. The molecule has 2 heterocycles. The van der Waals surface area contributed by atoms with E-state index in [0.29, 0.717) is 19.8 Å². The van der Waals surface area contributed by atoms with Gasteiger partial charge in [0, 0.05) is 12.6 Å². The highest BCUT2D eigenvalue weighted by atomic mass is 16.5. The van der Waals surface area contributed by atoms with Crippen molar-refractivity contribution in [3.63, 3.8) is 0 Å². The number of ether oxygens (including phenoxy) is 2. The SMILES string of the molecule is COc1ccc(CNC2COCC2n2nc3c(cc2=O)CCCC3)cc1. The van der Waals surface area contributed by atoms with Gasteiger partial charge in [0.2, 0.25) is 0 Å². The van der Waals surface area contributed by atoms with Crippen LogP contribution in [0.2, 0.25) is 0 Å². The molecule has 1 saturated heterocycles. The van der Waals surface area contributed by atoms with Crippen molar-refractivity contribution >= 4 is 0 Å². The third-order valence-electron chi connectivity index (χ3n) is 5.32. The normalized spacial score (nSPS) is 22.2. The zero-order valence-electron chi connectivity index (χ0n) is 15.1. The molecule has 26 heavy (non-hydrogen) atoms. The van der Waals surface area contributed by atoms with Gasteiger partial charge in [-0.25, -0.2) is 4.68 Å². The molecule has 4 rings (SSSR count). The highest BCUT2D eigenvalue weighted by Gasteiger charge is 2.31. The Balaban J connectivity index is 1.48. The van der Waals surface area contributed by atoms with E-state index in [0.717, 1.165) is 42.7 Å². The summed E-state index contributed by atoms with van der Waals surface area (Å²) in [4.78, 5) is 12.6. The lowest BCUT2D eigenvalue weighted by Gasteiger charge is -2.23. The molecule has 2 aliphatic rings. The molecule has 6 nitrogen and oxygen atoms in total. The molecule has 1 fully saturated rings. The van der Waals surface area contributed by atoms with Crippen LogP contribution < -0.4 is 15.6 Å². The van der Waals surface area contributed by atoms with E-state index in [4.69, 9.17) is 14.6 Å². The van der Waals surface area contributed by atoms with Gasteiger partial charge in [0.25, 0.3) is 5.56 Å². The second-order valence-corrected chi connectivity index (χ2v) is 7.05. The van der Waals surface area contributed by atoms with Gasteiger partial charge < -0.3 is 14.8 Å². The first kappa shape index (κ1) is 17.2. The fraction of sp³-hybridized carbons (Fsp3) is 0.500. The standard InChI is InChI=1S/C20H25N3O3/c1-25-16-8-6-14(7-9-16)11-21-18-12-26-13-19(18)23-20(24)10-15-4-2-3-5-17(15)22-23/h6-10,18-19,21H,2-5,11-13H2,1H3. The molecule has 1 aromatic heterocycles. The fourth-order valence-electron chi connectivity index (χ4n) is 3.79. The number of hydrogen-bond acceptors (Lipinski definition) is 5. The van der Waals surface area contributed by atoms with E-state index < -0.39 is 0 Å². The summed E-state index contributed by atoms with van der Waals surface area (Å²) in [6.45, 7) is 1.83. The van der Waals surface area contributed by atoms with Crippen molar-refractivity contribution in [2.75, 3.05) is 20.3 Å². The maximum Gasteiger partial charge on any atom is 0.267 e. The third-order valence-corrected chi connectivity index (χ3v) is 5.32. The molecular formula is C20H25N3O3. The van der Waals surface area contributed by atoms with Crippen molar-refractivity contribution in [3.05, 3.63) is 57.5 Å². The second kappa shape index (κ2) is 7.60. The van der Waals surface area contributed by atoms with E-state index in [1.54, 1.807) is 17.9 Å². The Hall–Kier alpha value is -2.18. The quantitative estimate of drug-likeness (QED) is 0.887. The average Bonchev–Trinajstić information content (AvgIpc) is 3.14. The summed E-state index contributed by atoms with van der Waals surface area (Å²) in [6, 6.07) is 9.78. The van der Waals surface area contributed by atoms with Gasteiger partial charge in [-0.15, -0.1) is 0 Å². The van der Waals surface area contributed by atoms with E-state index in [2.05, 4.69) is 5.32 Å². The topological polar surface area (TPSA) is 65.4 Å². The first-order valence-corrected chi connectivity index (χ1v) is 9.30. The minimum atomic E-state index is -0.0621. The summed E-state index contributed by atoms with van der Waals surface area (Å²) >= 11 is 0. The Morgan fingerprint density at radius 2 is 2.04 bits per heavy atom. The molecule has 1 aliphatic carbocycles. The summed E-state index contributed by atoms with van der Waals surface area (Å²) in [5.74, 6) is 0.848. The highest BCUT2D eigenvalue weighted by Crippen LogP contribution is 2.22. The lowest BCUT2D eigenvalue weighted by atomic mass is 9.97. The van der Waals surface area contributed by atoms with Crippen LogP contribution >= 0.6 is 0 Å². The smallest absolute Gasteiger partial charge is 0.267 e. The van der Waals surface area contributed by atoms with Crippen LogP contribution in [0.15, 0.2) is 35.1 Å². The van der Waals surface area contributed by atoms with Gasteiger partial charge in [-0.05, 0) is 48.9 Å². The van der Waals surface area contributed by atoms with Crippen LogP contribution in [0.3, 0.4) is 0 Å². The predicted octanol–water partition coefficient (Wildman–Crippen LogP) is 1.86. The monoisotopic (exact) mass is 355 g/mol. The van der Waals surface area contributed by atoms with Crippen molar-refractivity contribution in [2.24, 2.45) is 0 Å². The van der Waals surface area contributed by atoms with Gasteiger partial charge >= 0.3 is 0 Å². The van der Waals surface area contributed by atoms with Crippen LogP contribution in [0.1, 0.15) is 35.7 Å². The summed E-state index contributed by atoms with van der Waals surface area (Å²) in [5.41, 5.74) is 3.36. The van der Waals surface area contributed by atoms with Gasteiger partial charge in [0.15, 0.2) is 0 Å². The van der Waals surface area contributed by atoms with Crippen LogP contribution in [0.25, 0.3) is 0 Å². The Morgan fingerprint density at radius 1 is 1.23 bits per heavy atom. The number of hydrogen-bond donors (Lipinski definition) is 1. The van der Waals surface area contributed by atoms with Gasteiger partial charge in [-0.2, -0.15) is 5.10 Å². The van der Waals surface area contributed by atoms with Crippen molar-refractivity contribution in [1.29, 1.82) is 0 Å². The number of methoxy groups -OCH3 is 1. The van der Waals surface area contributed by atoms with Crippen LogP contribution in [0, 0.1) is 0 Å². The number of fused-ring (bicyclic) bond motifs is 1. The van der Waals surface area contributed by atoms with E-state index in [9.17, 15) is 4.79 Å². The first-order valence-electron chi connectivity index (χ1n) is 9.30. The number of aromatic nitrogens is 2. The molecule has 0 spiro atoms. The zero-order chi connectivity index (χ0) is 17.9. The molecular weight excluding hydrogens is 330 g/mol. The average molecular weight is 355 g/mol. The lowest BCUT2D eigenvalue weighted by Crippen LogP contribution is -2.41. The highest BCUT2D eigenvalue weighted by molar-refractivity contribution is 5.27. The Labute approximate surface area is 153 Å². The second-order valence-electron chi connectivity index (χ2n) is 7.05. The molecule has 6 heteroatoms. The van der Waals surface area contributed by atoms with E-state index in [1.807, 2.05) is 24.3 Å². The van der Waals surface area contributed by atoms with Crippen molar-refractivity contribution in [3.8, 4) is 5.75 Å². The first-order chi connectivity index (χ1) is 12.7. The number of nitrogens with zero attached hydrogens (tertiary/aromatic N) is 2. The molecule has 0 radical (unpaired) electrons. The molecule has 2 atom stereocenters. The molecule has 1 aliphatic heterocycles. The van der Waals surface area contributed by atoms with Crippen molar-refractivity contribution in [1.82, 2.24) is 15.1 Å². The molecule has 2 unspecified atom stereocenters. The molecule has 0 saturated carbocycles. The van der Waals surface area contributed by atoms with Crippen LogP contribution in [0.5, 0.6) is 5.75 Å². The lowest BCUT2D eigenvalue weighted by molar-refractivity contribution is 0.180. The van der Waals surface area contributed by atoms with Crippen LogP contribution in [0.4, 0.5) is 0 Å². The van der Waals surface area contributed by atoms with Crippen molar-refractivity contribution < 1.29 is 9.47 Å². The maximum atomic E-state index is 12.6. The molecule has 138 valence electrons. The summed E-state index contributed by atoms with van der Waals surface area (Å²) in [5, 5.41) is 8.22. The Kier molecular flexibility index (Phi) is 5.04. The Morgan fingerprint density at radius 3 is 2.85 bits per heavy atom. The number of rotatable bonds is 5. The van der Waals surface area contributed by atoms with Gasteiger partial charge in [0.1, 0.15) is 5.75 Å². The molecule has 1 aromatic carbocycles. The van der Waals surface area contributed by atoms with Gasteiger partial charge in [0.05, 0.1) is 38.1 Å². The largest absolute Gasteiger partial charge is 0.497 e. The van der Waals surface area contributed by atoms with Crippen molar-refractivity contribution in [2.45, 2.75) is 44.3 Å². The van der Waals surface area contributed by atoms with E-state index in [-0.39, 0.29) is 17.6 Å². The Bertz CT molecular complexity index is 816. The molecule has 0 amide bonds. The van der Waals surface area contributed by atoms with Crippen LogP contribution in [-0.2, 0) is 24.1 Å². The number of nitrogens with one attached hydrogen (secondary N) is 1. The predicted molar refractivity (Wildman–Crippen MR) is 98.6 cm³/mol. The summed E-state index contributed by atoms with van der Waals surface area (Å²) in [6.07, 6.45) is 4.24. The molecule has 0 bridgehead atoms. The minimum absolute atomic E-state index is 0.0163. The molecule has 1 N–H and O–H groups in total. The zero-order valence-corrected chi connectivity index (χ0v) is 15.1. The fourth-order valence-corrected chi connectivity index (χ4v) is 3.79.